The number of rotatable bonds is 1. The Morgan fingerprint density at radius 1 is 1.00 bits per heavy atom. The van der Waals surface area contributed by atoms with Gasteiger partial charge in [0.15, 0.2) is 0 Å². The zero-order chi connectivity index (χ0) is 15.0. The van der Waals surface area contributed by atoms with Gasteiger partial charge in [-0.25, -0.2) is 9.69 Å². The van der Waals surface area contributed by atoms with Gasteiger partial charge in [-0.1, -0.05) is 42.5 Å². The lowest BCUT2D eigenvalue weighted by Gasteiger charge is -2.36. The minimum absolute atomic E-state index is 0.0431. The Bertz CT molecular complexity index is 571. The molecule has 0 spiro atoms. The number of anilines is 1. The highest BCUT2D eigenvalue weighted by Gasteiger charge is 2.41. The van der Waals surface area contributed by atoms with Crippen LogP contribution in [0.4, 0.5) is 10.5 Å². The Labute approximate surface area is 133 Å². The van der Waals surface area contributed by atoms with E-state index in [0.29, 0.717) is 15.7 Å². The highest BCUT2D eigenvalue weighted by Crippen LogP contribution is 2.33. The summed E-state index contributed by atoms with van der Waals surface area (Å²) in [6.45, 7) is 0. The normalized spacial score (nSPS) is 26.1. The van der Waals surface area contributed by atoms with Crippen LogP contribution in [0.15, 0.2) is 18.2 Å². The van der Waals surface area contributed by atoms with Crippen molar-refractivity contribution in [3.63, 3.8) is 0 Å². The van der Waals surface area contributed by atoms with Crippen LogP contribution in [0.5, 0.6) is 0 Å². The van der Waals surface area contributed by atoms with Crippen molar-refractivity contribution in [3.05, 3.63) is 28.2 Å². The third-order valence-corrected chi connectivity index (χ3v) is 4.61. The number of urea groups is 1. The molecule has 6 heteroatoms. The zero-order valence-electron chi connectivity index (χ0n) is 11.4. The second-order valence-electron chi connectivity index (χ2n) is 5.60. The summed E-state index contributed by atoms with van der Waals surface area (Å²) in [5, 5.41) is 3.76. The van der Waals surface area contributed by atoms with Gasteiger partial charge in [0.05, 0.1) is 11.6 Å². The first-order valence-electron chi connectivity index (χ1n) is 7.17. The first kappa shape index (κ1) is 14.7. The quantitative estimate of drug-likeness (QED) is 0.847. The molecule has 3 rings (SSSR count). The van der Waals surface area contributed by atoms with E-state index in [1.54, 1.807) is 18.2 Å². The smallest absolute Gasteiger partial charge is 0.328 e. The minimum Gasteiger partial charge on any atom is -0.334 e. The molecular formula is C15H16Cl2N2O2. The number of hydrogen-bond acceptors (Lipinski definition) is 2. The first-order valence-corrected chi connectivity index (χ1v) is 7.92. The predicted molar refractivity (Wildman–Crippen MR) is 82.8 cm³/mol. The number of halogens is 2. The molecule has 2 unspecified atom stereocenters. The van der Waals surface area contributed by atoms with Gasteiger partial charge in [0.2, 0.25) is 5.91 Å². The van der Waals surface area contributed by atoms with Crippen LogP contribution in [0.1, 0.15) is 32.1 Å². The molecule has 0 aromatic heterocycles. The number of nitrogens with zero attached hydrogens (tertiary/aromatic N) is 1. The van der Waals surface area contributed by atoms with Crippen LogP contribution in [0.3, 0.4) is 0 Å². The molecule has 1 aliphatic carbocycles. The van der Waals surface area contributed by atoms with Crippen LogP contribution in [0.2, 0.25) is 10.0 Å². The monoisotopic (exact) mass is 326 g/mol. The maximum absolute atomic E-state index is 12.7. The molecule has 1 heterocycles. The Morgan fingerprint density at radius 3 is 2.38 bits per heavy atom. The fraction of sp³-hybridized carbons (Fsp3) is 0.467. The van der Waals surface area contributed by atoms with Crippen LogP contribution in [-0.2, 0) is 4.79 Å². The summed E-state index contributed by atoms with van der Waals surface area (Å²) < 4.78 is 0. The average molecular weight is 327 g/mol. The summed E-state index contributed by atoms with van der Waals surface area (Å²) >= 11 is 11.9. The molecular weight excluding hydrogens is 311 g/mol. The lowest BCUT2D eigenvalue weighted by Crippen LogP contribution is -2.60. The standard InChI is InChI=1S/C15H16Cl2N2O2/c16-9-6-10(17)8-11(7-9)19-14(20)12-4-2-1-3-5-13(12)18-15(19)21/h6-8,12-13H,1-5H2,(H,18,21). The molecule has 0 bridgehead atoms. The number of fused-ring (bicyclic) bond motifs is 1. The fourth-order valence-corrected chi connectivity index (χ4v) is 3.69. The van der Waals surface area contributed by atoms with Crippen molar-refractivity contribution in [2.24, 2.45) is 5.92 Å². The van der Waals surface area contributed by atoms with Gasteiger partial charge in [-0.15, -0.1) is 0 Å². The largest absolute Gasteiger partial charge is 0.334 e. The van der Waals surface area contributed by atoms with Gasteiger partial charge in [-0.05, 0) is 31.0 Å². The van der Waals surface area contributed by atoms with Crippen LogP contribution in [0, 0.1) is 5.92 Å². The van der Waals surface area contributed by atoms with Crippen molar-refractivity contribution in [1.82, 2.24) is 5.32 Å². The van der Waals surface area contributed by atoms with Crippen molar-refractivity contribution in [1.29, 1.82) is 0 Å². The number of hydrogen-bond donors (Lipinski definition) is 1. The van der Waals surface area contributed by atoms with Gasteiger partial charge in [0, 0.05) is 16.1 Å². The molecule has 0 radical (unpaired) electrons. The molecule has 4 nitrogen and oxygen atoms in total. The van der Waals surface area contributed by atoms with Gasteiger partial charge in [0.1, 0.15) is 0 Å². The number of benzene rings is 1. The fourth-order valence-electron chi connectivity index (χ4n) is 3.18. The first-order chi connectivity index (χ1) is 10.1. The summed E-state index contributed by atoms with van der Waals surface area (Å²) in [6.07, 6.45) is 4.87. The molecule has 1 N–H and O–H groups in total. The summed E-state index contributed by atoms with van der Waals surface area (Å²) in [5.74, 6) is -0.299. The van der Waals surface area contributed by atoms with Crippen molar-refractivity contribution >= 4 is 40.8 Å². The predicted octanol–water partition coefficient (Wildman–Crippen LogP) is 4.00. The zero-order valence-corrected chi connectivity index (χ0v) is 13.0. The average Bonchev–Trinajstić information content (AvgIpc) is 2.63. The van der Waals surface area contributed by atoms with Gasteiger partial charge < -0.3 is 5.32 Å². The minimum atomic E-state index is -0.388. The second-order valence-corrected chi connectivity index (χ2v) is 6.47. The van der Waals surface area contributed by atoms with Crippen LogP contribution < -0.4 is 10.2 Å². The maximum Gasteiger partial charge on any atom is 0.328 e. The lowest BCUT2D eigenvalue weighted by atomic mass is 9.91. The van der Waals surface area contributed by atoms with Gasteiger partial charge in [-0.3, -0.25) is 4.79 Å². The number of nitrogens with one attached hydrogen (secondary N) is 1. The van der Waals surface area contributed by atoms with Crippen LogP contribution in [0.25, 0.3) is 0 Å². The molecule has 1 saturated heterocycles. The SMILES string of the molecule is O=C1NC2CCCCCC2C(=O)N1c1cc(Cl)cc(Cl)c1. The molecule has 1 aromatic carbocycles. The summed E-state index contributed by atoms with van der Waals surface area (Å²) in [4.78, 5) is 26.2. The number of imide groups is 1. The molecule has 1 saturated carbocycles. The van der Waals surface area contributed by atoms with Crippen LogP contribution >= 0.6 is 23.2 Å². The van der Waals surface area contributed by atoms with E-state index in [1.807, 2.05) is 0 Å². The van der Waals surface area contributed by atoms with E-state index >= 15 is 0 Å². The Balaban J connectivity index is 1.94. The second kappa shape index (κ2) is 5.85. The molecule has 2 atom stereocenters. The highest BCUT2D eigenvalue weighted by molar-refractivity contribution is 6.35. The van der Waals surface area contributed by atoms with E-state index in [2.05, 4.69) is 5.32 Å². The molecule has 112 valence electrons. The van der Waals surface area contributed by atoms with Gasteiger partial charge in [0.25, 0.3) is 0 Å². The van der Waals surface area contributed by atoms with Crippen molar-refractivity contribution in [2.75, 3.05) is 4.90 Å². The van der Waals surface area contributed by atoms with Crippen molar-refractivity contribution < 1.29 is 9.59 Å². The lowest BCUT2D eigenvalue weighted by molar-refractivity contribution is -0.123. The Kier molecular flexibility index (Phi) is 4.09. The molecule has 2 aliphatic rings. The van der Waals surface area contributed by atoms with Crippen molar-refractivity contribution in [2.45, 2.75) is 38.1 Å². The van der Waals surface area contributed by atoms with E-state index in [0.717, 1.165) is 32.1 Å². The van der Waals surface area contributed by atoms with Crippen LogP contribution in [-0.4, -0.2) is 18.0 Å². The van der Waals surface area contributed by atoms with E-state index < -0.39 is 0 Å². The molecule has 1 aliphatic heterocycles. The Morgan fingerprint density at radius 2 is 1.67 bits per heavy atom. The maximum atomic E-state index is 12.7. The van der Waals surface area contributed by atoms with E-state index in [1.165, 1.54) is 4.90 Å². The molecule has 3 amide bonds. The van der Waals surface area contributed by atoms with E-state index in [4.69, 9.17) is 23.2 Å². The molecule has 2 fully saturated rings. The molecule has 21 heavy (non-hydrogen) atoms. The number of amides is 3. The van der Waals surface area contributed by atoms with Gasteiger partial charge in [-0.2, -0.15) is 0 Å². The van der Waals surface area contributed by atoms with Crippen molar-refractivity contribution in [3.8, 4) is 0 Å². The summed E-state index contributed by atoms with van der Waals surface area (Å²) in [7, 11) is 0. The Hall–Kier alpha value is -1.26. The summed E-state index contributed by atoms with van der Waals surface area (Å²) in [5.41, 5.74) is 0.428. The van der Waals surface area contributed by atoms with Gasteiger partial charge >= 0.3 is 6.03 Å². The summed E-state index contributed by atoms with van der Waals surface area (Å²) in [6, 6.07) is 4.32. The number of carbonyl (C=O) groups excluding carboxylic acids is 2. The topological polar surface area (TPSA) is 49.4 Å². The van der Waals surface area contributed by atoms with E-state index in [9.17, 15) is 9.59 Å². The number of carbonyl (C=O) groups is 2. The molecule has 1 aromatic rings. The third-order valence-electron chi connectivity index (χ3n) is 4.17. The van der Waals surface area contributed by atoms with E-state index in [-0.39, 0.29) is 23.9 Å². The third kappa shape index (κ3) is 2.87. The highest BCUT2D eigenvalue weighted by atomic mass is 35.5.